The van der Waals surface area contributed by atoms with Gasteiger partial charge in [0.1, 0.15) is 0 Å². The zero-order chi connectivity index (χ0) is 29.2. The maximum absolute atomic E-state index is 15.4. The van der Waals surface area contributed by atoms with Gasteiger partial charge < -0.3 is 9.84 Å². The Hall–Kier alpha value is -4.25. The third kappa shape index (κ3) is 5.48. The minimum Gasteiger partial charge on any atom is -0.478 e. The highest BCUT2D eigenvalue weighted by Crippen LogP contribution is 2.47. The molecule has 2 fully saturated rings. The van der Waals surface area contributed by atoms with E-state index in [1.807, 2.05) is 48.5 Å². The number of carboxylic acid groups (broad SMARTS) is 1. The van der Waals surface area contributed by atoms with Gasteiger partial charge in [-0.15, -0.1) is 5.10 Å². The molecule has 1 aliphatic carbocycles. The third-order valence-corrected chi connectivity index (χ3v) is 8.48. The summed E-state index contributed by atoms with van der Waals surface area (Å²) >= 11 is 6.82. The van der Waals surface area contributed by atoms with Crippen LogP contribution in [0.3, 0.4) is 0 Å². The number of nitrogens with zero attached hydrogens (tertiary/aromatic N) is 3. The van der Waals surface area contributed by atoms with Crippen molar-refractivity contribution in [2.75, 3.05) is 6.61 Å². The highest BCUT2D eigenvalue weighted by molar-refractivity contribution is 6.33. The summed E-state index contributed by atoms with van der Waals surface area (Å²) in [7, 11) is 0. The van der Waals surface area contributed by atoms with Crippen LogP contribution in [0, 0.1) is 23.2 Å². The smallest absolute Gasteiger partial charge is 0.328 e. The van der Waals surface area contributed by atoms with Gasteiger partial charge in [-0.05, 0) is 102 Å². The number of aromatic nitrogens is 2. The van der Waals surface area contributed by atoms with Gasteiger partial charge in [0.05, 0.1) is 22.5 Å². The number of allylic oxidation sites excluding steroid dienone is 1. The lowest BCUT2D eigenvalue weighted by Crippen LogP contribution is -2.19. The molecule has 1 saturated heterocycles. The van der Waals surface area contributed by atoms with Gasteiger partial charge in [0.25, 0.3) is 0 Å². The molecule has 1 atom stereocenters. The van der Waals surface area contributed by atoms with Gasteiger partial charge >= 0.3 is 5.97 Å². The number of carbonyl (C=O) groups is 1. The molecule has 4 aromatic rings. The molecule has 2 aliphatic rings. The molecule has 212 valence electrons. The summed E-state index contributed by atoms with van der Waals surface area (Å²) in [5.74, 6) is -1.33. The van der Waals surface area contributed by atoms with Gasteiger partial charge in [0.15, 0.2) is 6.23 Å². The number of halogens is 2. The molecule has 1 unspecified atom stereocenters. The second-order valence-corrected chi connectivity index (χ2v) is 11.2. The monoisotopic (exact) mass is 581 g/mol. The Labute approximate surface area is 248 Å². The lowest BCUT2D eigenvalue weighted by Gasteiger charge is -2.32. The van der Waals surface area contributed by atoms with Crippen LogP contribution >= 0.6 is 11.6 Å². The number of aliphatic carboxylic acids is 1. The van der Waals surface area contributed by atoms with Crippen molar-refractivity contribution in [2.24, 2.45) is 5.92 Å². The molecule has 1 N–H and O–H groups in total. The minimum absolute atomic E-state index is 0.232. The molecule has 0 radical (unpaired) electrons. The SMILES string of the molecule is N#Cc1ccc(/C(=C(/c2ccc(C=CC(=O)O)cc2)c2ccc3c(c2)c(F)nn3C2CCCCO2)C2CCC2)c(Cl)c1. The van der Waals surface area contributed by atoms with Crippen LogP contribution < -0.4 is 0 Å². The van der Waals surface area contributed by atoms with Crippen molar-refractivity contribution in [3.05, 3.63) is 106 Å². The molecule has 6 nitrogen and oxygen atoms in total. The van der Waals surface area contributed by atoms with Crippen LogP contribution in [-0.2, 0) is 9.53 Å². The zero-order valence-electron chi connectivity index (χ0n) is 22.9. The normalized spacial score (nSPS) is 18.1. The van der Waals surface area contributed by atoms with Crippen molar-refractivity contribution >= 4 is 45.7 Å². The van der Waals surface area contributed by atoms with Crippen molar-refractivity contribution in [2.45, 2.75) is 44.8 Å². The van der Waals surface area contributed by atoms with Crippen LogP contribution in [0.15, 0.2) is 66.7 Å². The van der Waals surface area contributed by atoms with E-state index in [1.54, 1.807) is 22.9 Å². The third-order valence-electron chi connectivity index (χ3n) is 8.17. The van der Waals surface area contributed by atoms with E-state index in [4.69, 9.17) is 21.4 Å². The molecule has 2 heterocycles. The summed E-state index contributed by atoms with van der Waals surface area (Å²) in [6, 6.07) is 20.9. The van der Waals surface area contributed by atoms with Gasteiger partial charge in [-0.2, -0.15) is 9.65 Å². The fraction of sp³-hybridized carbons (Fsp3) is 0.265. The van der Waals surface area contributed by atoms with Crippen molar-refractivity contribution in [3.63, 3.8) is 0 Å². The molecular formula is C34H29ClFN3O3. The number of ether oxygens (including phenoxy) is 1. The second kappa shape index (κ2) is 11.9. The van der Waals surface area contributed by atoms with Crippen molar-refractivity contribution in [3.8, 4) is 6.07 Å². The van der Waals surface area contributed by atoms with Crippen LogP contribution in [0.5, 0.6) is 0 Å². The quantitative estimate of drug-likeness (QED) is 0.175. The van der Waals surface area contributed by atoms with E-state index in [2.05, 4.69) is 11.2 Å². The molecular weight excluding hydrogens is 553 g/mol. The average molecular weight is 582 g/mol. The highest BCUT2D eigenvalue weighted by Gasteiger charge is 2.29. The number of rotatable bonds is 7. The summed E-state index contributed by atoms with van der Waals surface area (Å²) in [4.78, 5) is 11.0. The number of carboxylic acids is 1. The lowest BCUT2D eigenvalue weighted by molar-refractivity contribution is -0.131. The first-order chi connectivity index (χ1) is 20.4. The van der Waals surface area contributed by atoms with Gasteiger partial charge in [0, 0.05) is 17.7 Å². The second-order valence-electron chi connectivity index (χ2n) is 10.8. The molecule has 1 aliphatic heterocycles. The number of benzene rings is 3. The van der Waals surface area contributed by atoms with Crippen molar-refractivity contribution < 1.29 is 19.0 Å². The average Bonchev–Trinajstić information content (AvgIpc) is 3.31. The minimum atomic E-state index is -1.02. The summed E-state index contributed by atoms with van der Waals surface area (Å²) < 4.78 is 23.0. The van der Waals surface area contributed by atoms with E-state index in [9.17, 15) is 10.1 Å². The molecule has 1 aromatic heterocycles. The van der Waals surface area contributed by atoms with E-state index in [0.717, 1.165) is 78.0 Å². The molecule has 0 amide bonds. The number of fused-ring (bicyclic) bond motifs is 1. The topological polar surface area (TPSA) is 88.1 Å². The van der Waals surface area contributed by atoms with Crippen LogP contribution in [0.2, 0.25) is 5.02 Å². The summed E-state index contributed by atoms with van der Waals surface area (Å²) in [6.07, 6.45) is 8.21. The Bertz CT molecular complexity index is 1760. The van der Waals surface area contributed by atoms with Crippen molar-refractivity contribution in [1.82, 2.24) is 9.78 Å². The van der Waals surface area contributed by atoms with E-state index < -0.39 is 11.9 Å². The van der Waals surface area contributed by atoms with Crippen LogP contribution in [-0.4, -0.2) is 27.5 Å². The van der Waals surface area contributed by atoms with Gasteiger partial charge in [-0.3, -0.25) is 0 Å². The van der Waals surface area contributed by atoms with Gasteiger partial charge in [-0.25, -0.2) is 9.48 Å². The molecule has 8 heteroatoms. The fourth-order valence-corrected chi connectivity index (χ4v) is 6.14. The van der Waals surface area contributed by atoms with E-state index in [-0.39, 0.29) is 12.1 Å². The van der Waals surface area contributed by atoms with Crippen LogP contribution in [0.4, 0.5) is 4.39 Å². The number of nitriles is 1. The maximum atomic E-state index is 15.4. The Morgan fingerprint density at radius 1 is 1.05 bits per heavy atom. The number of hydrogen-bond acceptors (Lipinski definition) is 4. The Balaban J connectivity index is 1.56. The first-order valence-corrected chi connectivity index (χ1v) is 14.6. The van der Waals surface area contributed by atoms with E-state index in [1.165, 1.54) is 0 Å². The Kier molecular flexibility index (Phi) is 7.92. The predicted molar refractivity (Wildman–Crippen MR) is 161 cm³/mol. The standard InChI is InChI=1S/C34H29ClFN3O3/c35-28-18-22(20-37)9-14-26(28)33(23-4-3-5-23)32(24-11-7-21(8-12-24)10-16-31(40)41)25-13-15-29-27(19-25)34(36)38-39(29)30-6-1-2-17-42-30/h7-16,18-19,23,30H,1-6,17H2,(H,40,41)/b16-10?,33-32-. The molecule has 0 spiro atoms. The summed E-state index contributed by atoms with van der Waals surface area (Å²) in [6.45, 7) is 0.631. The van der Waals surface area contributed by atoms with Gasteiger partial charge in [-0.1, -0.05) is 54.4 Å². The Morgan fingerprint density at radius 3 is 2.48 bits per heavy atom. The predicted octanol–water partition coefficient (Wildman–Crippen LogP) is 8.26. The van der Waals surface area contributed by atoms with Crippen LogP contribution in [0.1, 0.15) is 72.6 Å². The summed E-state index contributed by atoms with van der Waals surface area (Å²) in [5.41, 5.74) is 6.44. The molecule has 42 heavy (non-hydrogen) atoms. The maximum Gasteiger partial charge on any atom is 0.328 e. The molecule has 3 aromatic carbocycles. The first-order valence-electron chi connectivity index (χ1n) is 14.2. The van der Waals surface area contributed by atoms with E-state index >= 15 is 4.39 Å². The van der Waals surface area contributed by atoms with Crippen molar-refractivity contribution in [1.29, 1.82) is 5.26 Å². The van der Waals surface area contributed by atoms with Crippen LogP contribution in [0.25, 0.3) is 28.1 Å². The zero-order valence-corrected chi connectivity index (χ0v) is 23.6. The molecule has 0 bridgehead atoms. The molecule has 6 rings (SSSR count). The highest BCUT2D eigenvalue weighted by atomic mass is 35.5. The van der Waals surface area contributed by atoms with Gasteiger partial charge in [0.2, 0.25) is 5.95 Å². The summed E-state index contributed by atoms with van der Waals surface area (Å²) in [5, 5.41) is 23.6. The molecule has 1 saturated carbocycles. The Morgan fingerprint density at radius 2 is 1.83 bits per heavy atom. The fourth-order valence-electron chi connectivity index (χ4n) is 5.86. The lowest BCUT2D eigenvalue weighted by atomic mass is 9.73. The largest absolute Gasteiger partial charge is 0.478 e. The first kappa shape index (κ1) is 27.9. The van der Waals surface area contributed by atoms with E-state index in [0.29, 0.717) is 28.1 Å². The number of hydrogen-bond donors (Lipinski definition) is 1.